The summed E-state index contributed by atoms with van der Waals surface area (Å²) in [6.45, 7) is 1.77. The van der Waals surface area contributed by atoms with Gasteiger partial charge in [-0.1, -0.05) is 45.7 Å². The van der Waals surface area contributed by atoms with E-state index >= 15 is 0 Å². The molecule has 1 atom stereocenters. The van der Waals surface area contributed by atoms with Gasteiger partial charge in [0.15, 0.2) is 0 Å². The molecule has 4 heteroatoms. The first-order valence-corrected chi connectivity index (χ1v) is 8.06. The fourth-order valence-corrected chi connectivity index (χ4v) is 3.36. The SMILES string of the molecule is CC(O)c1ccc(SCc2ccc(Br)cc2Cl)cc1. The van der Waals surface area contributed by atoms with Gasteiger partial charge in [0, 0.05) is 20.1 Å². The zero-order chi connectivity index (χ0) is 13.8. The molecule has 1 unspecified atom stereocenters. The normalized spacial score (nSPS) is 12.4. The van der Waals surface area contributed by atoms with Gasteiger partial charge in [-0.25, -0.2) is 0 Å². The summed E-state index contributed by atoms with van der Waals surface area (Å²) in [5.41, 5.74) is 2.06. The van der Waals surface area contributed by atoms with E-state index in [0.717, 1.165) is 26.4 Å². The van der Waals surface area contributed by atoms with Crippen molar-refractivity contribution < 1.29 is 5.11 Å². The Balaban J connectivity index is 2.02. The lowest BCUT2D eigenvalue weighted by Crippen LogP contribution is -1.89. The fraction of sp³-hybridized carbons (Fsp3) is 0.200. The molecule has 2 rings (SSSR count). The first-order chi connectivity index (χ1) is 9.06. The minimum absolute atomic E-state index is 0.417. The average Bonchev–Trinajstić information content (AvgIpc) is 2.38. The molecule has 0 aliphatic rings. The Morgan fingerprint density at radius 3 is 2.47 bits per heavy atom. The minimum atomic E-state index is -0.417. The van der Waals surface area contributed by atoms with Crippen LogP contribution in [-0.4, -0.2) is 5.11 Å². The molecule has 19 heavy (non-hydrogen) atoms. The van der Waals surface area contributed by atoms with Gasteiger partial charge in [-0.2, -0.15) is 0 Å². The van der Waals surface area contributed by atoms with Gasteiger partial charge in [-0.15, -0.1) is 11.8 Å². The third-order valence-corrected chi connectivity index (χ3v) is 4.68. The molecule has 0 fully saturated rings. The molecule has 0 saturated carbocycles. The number of halogens is 2. The van der Waals surface area contributed by atoms with Crippen LogP contribution in [0.25, 0.3) is 0 Å². The Labute approximate surface area is 131 Å². The van der Waals surface area contributed by atoms with E-state index in [1.807, 2.05) is 42.5 Å². The summed E-state index contributed by atoms with van der Waals surface area (Å²) in [7, 11) is 0. The molecule has 0 aromatic heterocycles. The summed E-state index contributed by atoms with van der Waals surface area (Å²) in [5.74, 6) is 0.833. The van der Waals surface area contributed by atoms with Gasteiger partial charge in [0.25, 0.3) is 0 Å². The Hall–Kier alpha value is -0.480. The van der Waals surface area contributed by atoms with Gasteiger partial charge in [0.2, 0.25) is 0 Å². The molecular weight excluding hydrogens is 344 g/mol. The molecule has 1 N–H and O–H groups in total. The highest BCUT2D eigenvalue weighted by molar-refractivity contribution is 9.10. The lowest BCUT2D eigenvalue weighted by Gasteiger charge is -2.07. The number of hydrogen-bond acceptors (Lipinski definition) is 2. The lowest BCUT2D eigenvalue weighted by atomic mass is 10.1. The van der Waals surface area contributed by atoms with Crippen LogP contribution >= 0.6 is 39.3 Å². The van der Waals surface area contributed by atoms with Crippen molar-refractivity contribution in [3.05, 3.63) is 63.1 Å². The molecule has 0 radical (unpaired) electrons. The molecule has 0 aliphatic heterocycles. The van der Waals surface area contributed by atoms with Crippen molar-refractivity contribution in [2.45, 2.75) is 23.7 Å². The maximum Gasteiger partial charge on any atom is 0.0761 e. The second kappa shape index (κ2) is 6.80. The van der Waals surface area contributed by atoms with Crippen LogP contribution in [0.5, 0.6) is 0 Å². The summed E-state index contributed by atoms with van der Waals surface area (Å²) < 4.78 is 0.993. The maximum atomic E-state index is 9.46. The van der Waals surface area contributed by atoms with Crippen molar-refractivity contribution in [1.29, 1.82) is 0 Å². The second-order valence-electron chi connectivity index (χ2n) is 4.27. The number of aliphatic hydroxyl groups excluding tert-OH is 1. The van der Waals surface area contributed by atoms with E-state index < -0.39 is 6.10 Å². The molecule has 0 aliphatic carbocycles. The Morgan fingerprint density at radius 2 is 1.89 bits per heavy atom. The second-order valence-corrected chi connectivity index (χ2v) is 6.64. The third kappa shape index (κ3) is 4.25. The van der Waals surface area contributed by atoms with Crippen molar-refractivity contribution in [1.82, 2.24) is 0 Å². The summed E-state index contributed by atoms with van der Waals surface area (Å²) in [5, 5.41) is 10.2. The average molecular weight is 358 g/mol. The highest BCUT2D eigenvalue weighted by Crippen LogP contribution is 2.29. The van der Waals surface area contributed by atoms with E-state index in [-0.39, 0.29) is 0 Å². The van der Waals surface area contributed by atoms with Crippen molar-refractivity contribution >= 4 is 39.3 Å². The van der Waals surface area contributed by atoms with Gasteiger partial charge in [0.1, 0.15) is 0 Å². The Morgan fingerprint density at radius 1 is 1.21 bits per heavy atom. The van der Waals surface area contributed by atoms with Gasteiger partial charge in [-0.05, 0) is 42.3 Å². The van der Waals surface area contributed by atoms with Gasteiger partial charge >= 0.3 is 0 Å². The Kier molecular flexibility index (Phi) is 5.34. The molecule has 1 nitrogen and oxygen atoms in total. The van der Waals surface area contributed by atoms with Crippen LogP contribution in [-0.2, 0) is 5.75 Å². The van der Waals surface area contributed by atoms with Crippen molar-refractivity contribution in [3.63, 3.8) is 0 Å². The minimum Gasteiger partial charge on any atom is -0.389 e. The molecule has 2 aromatic rings. The van der Waals surface area contributed by atoms with E-state index in [0.29, 0.717) is 0 Å². The number of hydrogen-bond donors (Lipinski definition) is 1. The Bertz CT molecular complexity index is 555. The van der Waals surface area contributed by atoms with Crippen molar-refractivity contribution in [3.8, 4) is 0 Å². The van der Waals surface area contributed by atoms with E-state index in [9.17, 15) is 5.11 Å². The molecular formula is C15H14BrClOS. The summed E-state index contributed by atoms with van der Waals surface area (Å²) in [6, 6.07) is 13.9. The van der Waals surface area contributed by atoms with E-state index in [1.54, 1.807) is 18.7 Å². The largest absolute Gasteiger partial charge is 0.389 e. The summed E-state index contributed by atoms with van der Waals surface area (Å²) in [4.78, 5) is 1.17. The predicted octanol–water partition coefficient (Wildman–Crippen LogP) is 5.45. The van der Waals surface area contributed by atoms with Crippen molar-refractivity contribution in [2.75, 3.05) is 0 Å². The smallest absolute Gasteiger partial charge is 0.0761 e. The number of benzene rings is 2. The fourth-order valence-electron chi connectivity index (χ4n) is 1.64. The van der Waals surface area contributed by atoms with Crippen molar-refractivity contribution in [2.24, 2.45) is 0 Å². The highest BCUT2D eigenvalue weighted by Gasteiger charge is 2.04. The molecule has 0 heterocycles. The topological polar surface area (TPSA) is 20.2 Å². The van der Waals surface area contributed by atoms with Gasteiger partial charge < -0.3 is 5.11 Å². The zero-order valence-electron chi connectivity index (χ0n) is 10.4. The molecule has 0 spiro atoms. The zero-order valence-corrected chi connectivity index (χ0v) is 13.6. The first-order valence-electron chi connectivity index (χ1n) is 5.91. The maximum absolute atomic E-state index is 9.46. The highest BCUT2D eigenvalue weighted by atomic mass is 79.9. The van der Waals surface area contributed by atoms with Crippen LogP contribution in [0.2, 0.25) is 5.02 Å². The van der Waals surface area contributed by atoms with Gasteiger partial charge in [-0.3, -0.25) is 0 Å². The molecule has 0 bridgehead atoms. The van der Waals surface area contributed by atoms with Crippen LogP contribution in [0, 0.1) is 0 Å². The summed E-state index contributed by atoms with van der Waals surface area (Å²) in [6.07, 6.45) is -0.417. The summed E-state index contributed by atoms with van der Waals surface area (Å²) >= 11 is 11.3. The van der Waals surface area contributed by atoms with Crippen LogP contribution < -0.4 is 0 Å². The lowest BCUT2D eigenvalue weighted by molar-refractivity contribution is 0.199. The standard InChI is InChI=1S/C15H14BrClOS/c1-10(18)11-3-6-14(7-4-11)19-9-12-2-5-13(16)8-15(12)17/h2-8,10,18H,9H2,1H3. The first kappa shape index (κ1) is 14.9. The molecule has 2 aromatic carbocycles. The van der Waals surface area contributed by atoms with E-state index in [4.69, 9.17) is 11.6 Å². The van der Waals surface area contributed by atoms with Crippen LogP contribution in [0.3, 0.4) is 0 Å². The van der Waals surface area contributed by atoms with Crippen LogP contribution in [0.15, 0.2) is 51.8 Å². The molecule has 0 saturated heterocycles. The van der Waals surface area contributed by atoms with Crippen LogP contribution in [0.4, 0.5) is 0 Å². The monoisotopic (exact) mass is 356 g/mol. The third-order valence-electron chi connectivity index (χ3n) is 2.77. The number of rotatable bonds is 4. The molecule has 100 valence electrons. The quantitative estimate of drug-likeness (QED) is 0.734. The van der Waals surface area contributed by atoms with Crippen LogP contribution in [0.1, 0.15) is 24.2 Å². The van der Waals surface area contributed by atoms with E-state index in [1.165, 1.54) is 4.90 Å². The predicted molar refractivity (Wildman–Crippen MR) is 85.8 cm³/mol. The van der Waals surface area contributed by atoms with Gasteiger partial charge in [0.05, 0.1) is 6.10 Å². The molecule has 0 amide bonds. The van der Waals surface area contributed by atoms with E-state index in [2.05, 4.69) is 15.9 Å². The number of thioether (sulfide) groups is 1. The number of aliphatic hydroxyl groups is 1.